The molecule has 2 aromatic heterocycles. The van der Waals surface area contributed by atoms with Crippen LogP contribution in [0.3, 0.4) is 0 Å². The Balaban J connectivity index is 1.17. The van der Waals surface area contributed by atoms with Crippen molar-refractivity contribution in [2.45, 2.75) is 44.7 Å². The number of amides is 1. The minimum atomic E-state index is -0.131. The smallest absolute Gasteiger partial charge is 0.326 e. The zero-order valence-electron chi connectivity index (χ0n) is 22.5. The molecule has 1 N–H and O–H groups in total. The largest absolute Gasteiger partial charge is 0.454 e. The van der Waals surface area contributed by atoms with Crippen LogP contribution in [0, 0.1) is 0 Å². The number of carbonyl (C=O) groups is 1. The summed E-state index contributed by atoms with van der Waals surface area (Å²) < 4.78 is 15.4. The lowest BCUT2D eigenvalue weighted by molar-refractivity contribution is -0.132. The molecule has 204 valence electrons. The van der Waals surface area contributed by atoms with Gasteiger partial charge in [-0.2, -0.15) is 0 Å². The number of aromatic amines is 1. The van der Waals surface area contributed by atoms with Crippen molar-refractivity contribution in [3.63, 3.8) is 0 Å². The molecule has 1 saturated heterocycles. The summed E-state index contributed by atoms with van der Waals surface area (Å²) in [6.45, 7) is 4.45. The number of hydrogen-bond donors (Lipinski definition) is 1. The van der Waals surface area contributed by atoms with Crippen molar-refractivity contribution in [2.24, 2.45) is 0 Å². The van der Waals surface area contributed by atoms with Gasteiger partial charge in [0, 0.05) is 55.1 Å². The number of fused-ring (bicyclic) bond motifs is 3. The molecule has 0 spiro atoms. The predicted molar refractivity (Wildman–Crippen MR) is 154 cm³/mol. The van der Waals surface area contributed by atoms with Crippen LogP contribution < -0.4 is 15.2 Å². The second kappa shape index (κ2) is 9.93. The Morgan fingerprint density at radius 3 is 2.55 bits per heavy atom. The average molecular weight is 537 g/mol. The van der Waals surface area contributed by atoms with Gasteiger partial charge in [0.2, 0.25) is 12.7 Å². The summed E-state index contributed by atoms with van der Waals surface area (Å²) >= 11 is 0. The number of imidazole rings is 1. The lowest BCUT2D eigenvalue weighted by Crippen LogP contribution is -2.41. The first-order valence-corrected chi connectivity index (χ1v) is 14.0. The standard InChI is InChI=1S/C32H32N4O4/c1-2-34-19-25(23-7-3-5-9-27(23)34)24(21-11-12-29-30(17-21)40-20-39-29)18-31(37)35-15-13-22(14-16-35)36-28-10-6-4-8-26(28)33-32(36)38/h3-12,17,19,22,24H,2,13-16,18,20H2,1H3,(H,33,38). The molecule has 1 amide bonds. The number of para-hydroxylation sites is 3. The van der Waals surface area contributed by atoms with Crippen LogP contribution >= 0.6 is 0 Å². The molecule has 0 saturated carbocycles. The van der Waals surface area contributed by atoms with Gasteiger partial charge in [0.15, 0.2) is 11.5 Å². The fraction of sp³-hybridized carbons (Fsp3) is 0.312. The Kier molecular flexibility index (Phi) is 6.10. The van der Waals surface area contributed by atoms with Gasteiger partial charge in [0.05, 0.1) is 11.0 Å². The van der Waals surface area contributed by atoms with Gasteiger partial charge < -0.3 is 23.9 Å². The molecule has 0 radical (unpaired) electrons. The number of nitrogens with one attached hydrogen (secondary N) is 1. The summed E-state index contributed by atoms with van der Waals surface area (Å²) in [6.07, 6.45) is 4.05. The third-order valence-corrected chi connectivity index (χ3v) is 8.52. The van der Waals surface area contributed by atoms with Crippen molar-refractivity contribution in [3.8, 4) is 11.5 Å². The van der Waals surface area contributed by atoms with Crippen molar-refractivity contribution < 1.29 is 14.3 Å². The topological polar surface area (TPSA) is 81.5 Å². The summed E-state index contributed by atoms with van der Waals surface area (Å²) in [7, 11) is 0. The van der Waals surface area contributed by atoms with Crippen molar-refractivity contribution in [2.75, 3.05) is 19.9 Å². The van der Waals surface area contributed by atoms with Gasteiger partial charge in [-0.25, -0.2) is 4.79 Å². The first kappa shape index (κ1) is 24.6. The van der Waals surface area contributed by atoms with Gasteiger partial charge in [-0.15, -0.1) is 0 Å². The summed E-state index contributed by atoms with van der Waals surface area (Å²) in [4.78, 5) is 31.5. The zero-order chi connectivity index (χ0) is 27.2. The molecular weight excluding hydrogens is 504 g/mol. The molecule has 1 unspecified atom stereocenters. The van der Waals surface area contributed by atoms with Crippen LogP contribution in [0.2, 0.25) is 0 Å². The Hall–Kier alpha value is -4.46. The number of nitrogens with zero attached hydrogens (tertiary/aromatic N) is 3. The molecule has 0 aliphatic carbocycles. The first-order valence-electron chi connectivity index (χ1n) is 14.0. The van der Waals surface area contributed by atoms with E-state index in [4.69, 9.17) is 9.47 Å². The molecule has 4 heterocycles. The van der Waals surface area contributed by atoms with E-state index in [2.05, 4.69) is 53.0 Å². The summed E-state index contributed by atoms with van der Waals surface area (Å²) in [5.41, 5.74) is 5.04. The van der Waals surface area contributed by atoms with Gasteiger partial charge in [-0.1, -0.05) is 36.4 Å². The highest BCUT2D eigenvalue weighted by molar-refractivity contribution is 5.87. The van der Waals surface area contributed by atoms with E-state index in [9.17, 15) is 9.59 Å². The van der Waals surface area contributed by atoms with Crippen LogP contribution in [0.1, 0.15) is 49.3 Å². The van der Waals surface area contributed by atoms with E-state index in [1.165, 1.54) is 5.52 Å². The van der Waals surface area contributed by atoms with Crippen LogP contribution in [-0.4, -0.2) is 44.8 Å². The molecule has 1 fully saturated rings. The fourth-order valence-electron chi connectivity index (χ4n) is 6.47. The number of aryl methyl sites for hydroxylation is 1. The Labute approximate surface area is 231 Å². The second-order valence-electron chi connectivity index (χ2n) is 10.7. The molecule has 8 heteroatoms. The number of rotatable bonds is 6. The van der Waals surface area contributed by atoms with E-state index in [1.54, 1.807) is 0 Å². The lowest BCUT2D eigenvalue weighted by Gasteiger charge is -2.33. The third kappa shape index (κ3) is 4.15. The highest BCUT2D eigenvalue weighted by Crippen LogP contribution is 2.40. The number of piperidine rings is 1. The van der Waals surface area contributed by atoms with Crippen LogP contribution in [0.25, 0.3) is 21.9 Å². The Morgan fingerprint density at radius 1 is 0.975 bits per heavy atom. The van der Waals surface area contributed by atoms with Gasteiger partial charge >= 0.3 is 5.69 Å². The van der Waals surface area contributed by atoms with Crippen molar-refractivity contribution in [1.29, 1.82) is 0 Å². The monoisotopic (exact) mass is 536 g/mol. The summed E-state index contributed by atoms with van der Waals surface area (Å²) in [6, 6.07) is 22.3. The molecule has 0 bridgehead atoms. The number of benzene rings is 3. The SMILES string of the molecule is CCn1cc(C(CC(=O)N2CCC(n3c(=O)[nH]c4ccccc43)CC2)c2ccc3c(c2)OCO3)c2ccccc21. The van der Waals surface area contributed by atoms with E-state index in [0.29, 0.717) is 19.5 Å². The quantitative estimate of drug-likeness (QED) is 0.314. The number of aromatic nitrogens is 3. The number of ether oxygens (including phenoxy) is 2. The van der Waals surface area contributed by atoms with Gasteiger partial charge in [0.1, 0.15) is 0 Å². The normalized spacial score (nSPS) is 16.2. The van der Waals surface area contributed by atoms with Gasteiger partial charge in [-0.3, -0.25) is 9.36 Å². The van der Waals surface area contributed by atoms with Crippen molar-refractivity contribution in [1.82, 2.24) is 19.0 Å². The van der Waals surface area contributed by atoms with E-state index < -0.39 is 0 Å². The number of hydrogen-bond acceptors (Lipinski definition) is 4. The number of likely N-dealkylation sites (tertiary alicyclic amines) is 1. The zero-order valence-corrected chi connectivity index (χ0v) is 22.5. The molecular formula is C32H32N4O4. The molecule has 1 atom stereocenters. The summed E-state index contributed by atoms with van der Waals surface area (Å²) in [5, 5.41) is 1.16. The van der Waals surface area contributed by atoms with Crippen LogP contribution in [0.15, 0.2) is 77.7 Å². The maximum Gasteiger partial charge on any atom is 0.326 e. The Morgan fingerprint density at radius 2 is 1.73 bits per heavy atom. The summed E-state index contributed by atoms with van der Waals surface area (Å²) in [5.74, 6) is 1.45. The van der Waals surface area contributed by atoms with E-state index in [1.807, 2.05) is 45.9 Å². The predicted octanol–water partition coefficient (Wildman–Crippen LogP) is 5.42. The molecule has 7 rings (SSSR count). The number of carbonyl (C=O) groups excluding carboxylic acids is 1. The van der Waals surface area contributed by atoms with Crippen molar-refractivity contribution in [3.05, 3.63) is 94.5 Å². The first-order chi connectivity index (χ1) is 19.6. The van der Waals surface area contributed by atoms with Crippen LogP contribution in [0.5, 0.6) is 11.5 Å². The molecule has 40 heavy (non-hydrogen) atoms. The average Bonchev–Trinajstić information content (AvgIpc) is 3.70. The molecule has 3 aromatic carbocycles. The minimum Gasteiger partial charge on any atom is -0.454 e. The van der Waals surface area contributed by atoms with Gasteiger partial charge in [0.25, 0.3) is 0 Å². The molecule has 5 aromatic rings. The van der Waals surface area contributed by atoms with Gasteiger partial charge in [-0.05, 0) is 61.2 Å². The third-order valence-electron chi connectivity index (χ3n) is 8.52. The van der Waals surface area contributed by atoms with E-state index in [-0.39, 0.29) is 30.3 Å². The Bertz CT molecular complexity index is 1770. The lowest BCUT2D eigenvalue weighted by atomic mass is 9.87. The number of H-pyrrole nitrogens is 1. The molecule has 2 aliphatic rings. The molecule has 8 nitrogen and oxygen atoms in total. The van der Waals surface area contributed by atoms with Crippen molar-refractivity contribution >= 4 is 27.8 Å². The maximum atomic E-state index is 13.9. The van der Waals surface area contributed by atoms with Crippen LogP contribution in [-0.2, 0) is 11.3 Å². The fourth-order valence-corrected chi connectivity index (χ4v) is 6.47. The van der Waals surface area contributed by atoms with E-state index in [0.717, 1.165) is 58.4 Å². The maximum absolute atomic E-state index is 13.9. The van der Waals surface area contributed by atoms with Crippen LogP contribution in [0.4, 0.5) is 0 Å². The molecule has 2 aliphatic heterocycles. The second-order valence-corrected chi connectivity index (χ2v) is 10.7. The highest BCUT2D eigenvalue weighted by Gasteiger charge is 2.30. The highest BCUT2D eigenvalue weighted by atomic mass is 16.7. The minimum absolute atomic E-state index is 0.0693. The van der Waals surface area contributed by atoms with E-state index >= 15 is 0 Å².